The summed E-state index contributed by atoms with van der Waals surface area (Å²) in [6.45, 7) is 1.61. The van der Waals surface area contributed by atoms with Crippen molar-refractivity contribution < 1.29 is 19.1 Å². The summed E-state index contributed by atoms with van der Waals surface area (Å²) in [6, 6.07) is 12.6. The van der Waals surface area contributed by atoms with Crippen molar-refractivity contribution in [1.82, 2.24) is 10.3 Å². The largest absolute Gasteiger partial charge is 0.481 e. The number of nitrogens with one attached hydrogen (secondary N) is 1. The number of oxazole rings is 1. The molecule has 156 valence electrons. The summed E-state index contributed by atoms with van der Waals surface area (Å²) >= 11 is 12.3. The van der Waals surface area contributed by atoms with Crippen LogP contribution in [0.1, 0.15) is 29.5 Å². The SMILES string of the molecule is CC(CC(Cc1ccc(-c2cc(Cl)ccc2Cl)cc1)NC(=O)c1cnco1)C(=O)O. The molecule has 1 amide bonds. The first kappa shape index (κ1) is 21.9. The number of aliphatic carboxylic acids is 1. The van der Waals surface area contributed by atoms with E-state index < -0.39 is 23.8 Å². The Labute approximate surface area is 183 Å². The molecule has 2 atom stereocenters. The standard InChI is InChI=1S/C22H20Cl2N2O4/c1-13(22(28)29)8-17(26-21(27)20-11-25-12-30-20)9-14-2-4-15(5-3-14)18-10-16(23)6-7-19(18)24/h2-7,10-13,17H,8-9H2,1H3,(H,26,27)(H,28,29). The summed E-state index contributed by atoms with van der Waals surface area (Å²) in [7, 11) is 0. The maximum Gasteiger partial charge on any atom is 0.306 e. The highest BCUT2D eigenvalue weighted by molar-refractivity contribution is 6.35. The summed E-state index contributed by atoms with van der Waals surface area (Å²) in [5, 5.41) is 13.3. The second-order valence-corrected chi connectivity index (χ2v) is 7.88. The number of carbonyl (C=O) groups excluding carboxylic acids is 1. The Hall–Kier alpha value is -2.83. The lowest BCUT2D eigenvalue weighted by molar-refractivity contribution is -0.141. The lowest BCUT2D eigenvalue weighted by atomic mass is 9.95. The Morgan fingerprint density at radius 2 is 1.90 bits per heavy atom. The minimum atomic E-state index is -0.917. The Morgan fingerprint density at radius 1 is 1.17 bits per heavy atom. The van der Waals surface area contributed by atoms with Crippen molar-refractivity contribution in [2.24, 2.45) is 5.92 Å². The highest BCUT2D eigenvalue weighted by Gasteiger charge is 2.22. The van der Waals surface area contributed by atoms with Gasteiger partial charge in [0, 0.05) is 21.7 Å². The van der Waals surface area contributed by atoms with E-state index in [1.807, 2.05) is 24.3 Å². The van der Waals surface area contributed by atoms with E-state index >= 15 is 0 Å². The molecule has 3 aromatic rings. The van der Waals surface area contributed by atoms with Crippen LogP contribution >= 0.6 is 23.2 Å². The van der Waals surface area contributed by atoms with Gasteiger partial charge in [-0.1, -0.05) is 54.4 Å². The van der Waals surface area contributed by atoms with Crippen molar-refractivity contribution in [3.63, 3.8) is 0 Å². The number of nitrogens with zero attached hydrogens (tertiary/aromatic N) is 1. The van der Waals surface area contributed by atoms with Crippen molar-refractivity contribution in [1.29, 1.82) is 0 Å². The first-order valence-electron chi connectivity index (χ1n) is 9.30. The molecule has 0 saturated heterocycles. The van der Waals surface area contributed by atoms with Crippen LogP contribution in [-0.4, -0.2) is 28.0 Å². The first-order valence-corrected chi connectivity index (χ1v) is 10.1. The molecular weight excluding hydrogens is 427 g/mol. The molecule has 0 spiro atoms. The van der Waals surface area contributed by atoms with Crippen LogP contribution in [-0.2, 0) is 11.2 Å². The highest BCUT2D eigenvalue weighted by Crippen LogP contribution is 2.30. The van der Waals surface area contributed by atoms with Gasteiger partial charge in [0.2, 0.25) is 5.76 Å². The molecule has 3 rings (SSSR count). The van der Waals surface area contributed by atoms with Gasteiger partial charge >= 0.3 is 5.97 Å². The van der Waals surface area contributed by atoms with Crippen LogP contribution in [0, 0.1) is 5.92 Å². The Kier molecular flexibility index (Phi) is 7.13. The van der Waals surface area contributed by atoms with Crippen molar-refractivity contribution in [2.75, 3.05) is 0 Å². The lowest BCUT2D eigenvalue weighted by Crippen LogP contribution is -2.38. The average Bonchev–Trinajstić information content (AvgIpc) is 3.25. The zero-order valence-corrected chi connectivity index (χ0v) is 17.7. The first-order chi connectivity index (χ1) is 14.3. The number of carboxylic acid groups (broad SMARTS) is 1. The van der Waals surface area contributed by atoms with Crippen LogP contribution in [0.4, 0.5) is 0 Å². The van der Waals surface area contributed by atoms with E-state index in [9.17, 15) is 14.7 Å². The summed E-state index contributed by atoms with van der Waals surface area (Å²) in [4.78, 5) is 27.4. The van der Waals surface area contributed by atoms with Gasteiger partial charge in [-0.15, -0.1) is 0 Å². The number of carboxylic acids is 1. The van der Waals surface area contributed by atoms with Gasteiger partial charge in [0.1, 0.15) is 0 Å². The second kappa shape index (κ2) is 9.78. The fourth-order valence-electron chi connectivity index (χ4n) is 3.13. The molecule has 0 radical (unpaired) electrons. The predicted octanol–water partition coefficient (Wildman–Crippen LogP) is 5.10. The van der Waals surface area contributed by atoms with Gasteiger partial charge in [-0.3, -0.25) is 9.59 Å². The van der Waals surface area contributed by atoms with Gasteiger partial charge in [-0.05, 0) is 42.2 Å². The van der Waals surface area contributed by atoms with Crippen LogP contribution in [0.2, 0.25) is 10.0 Å². The van der Waals surface area contributed by atoms with Gasteiger partial charge in [-0.25, -0.2) is 4.98 Å². The number of carbonyl (C=O) groups is 2. The van der Waals surface area contributed by atoms with E-state index in [2.05, 4.69) is 10.3 Å². The summed E-state index contributed by atoms with van der Waals surface area (Å²) in [6.07, 6.45) is 3.22. The number of benzene rings is 2. The second-order valence-electron chi connectivity index (χ2n) is 7.04. The third kappa shape index (κ3) is 5.62. The number of aromatic nitrogens is 1. The van der Waals surface area contributed by atoms with Gasteiger partial charge in [0.25, 0.3) is 5.91 Å². The quantitative estimate of drug-likeness (QED) is 0.501. The number of amides is 1. The molecular formula is C22H20Cl2N2O4. The van der Waals surface area contributed by atoms with Crippen molar-refractivity contribution >= 4 is 35.1 Å². The van der Waals surface area contributed by atoms with Crippen LogP contribution in [0.15, 0.2) is 59.5 Å². The summed E-state index contributed by atoms with van der Waals surface area (Å²) < 4.78 is 5.02. The molecule has 8 heteroatoms. The predicted molar refractivity (Wildman–Crippen MR) is 115 cm³/mol. The summed E-state index contributed by atoms with van der Waals surface area (Å²) in [5.41, 5.74) is 2.68. The van der Waals surface area contributed by atoms with Gasteiger partial charge in [-0.2, -0.15) is 0 Å². The van der Waals surface area contributed by atoms with Crippen molar-refractivity contribution in [2.45, 2.75) is 25.8 Å². The van der Waals surface area contributed by atoms with Crippen molar-refractivity contribution in [3.8, 4) is 11.1 Å². The van der Waals surface area contributed by atoms with Crippen LogP contribution in [0.5, 0.6) is 0 Å². The fraction of sp³-hybridized carbons (Fsp3) is 0.227. The number of halogens is 2. The van der Waals surface area contributed by atoms with E-state index in [0.29, 0.717) is 16.5 Å². The Balaban J connectivity index is 1.76. The zero-order chi connectivity index (χ0) is 21.7. The van der Waals surface area contributed by atoms with E-state index in [0.717, 1.165) is 16.7 Å². The molecule has 1 aromatic heterocycles. The number of hydrogen-bond acceptors (Lipinski definition) is 4. The Bertz CT molecular complexity index is 1020. The zero-order valence-electron chi connectivity index (χ0n) is 16.1. The molecule has 2 unspecified atom stereocenters. The van der Waals surface area contributed by atoms with E-state index in [1.54, 1.807) is 25.1 Å². The van der Waals surface area contributed by atoms with Crippen molar-refractivity contribution in [3.05, 3.63) is 76.4 Å². The maximum atomic E-state index is 12.3. The van der Waals surface area contributed by atoms with Crippen LogP contribution in [0.25, 0.3) is 11.1 Å². The van der Waals surface area contributed by atoms with Crippen LogP contribution < -0.4 is 5.32 Å². The average molecular weight is 447 g/mol. The normalized spacial score (nSPS) is 12.9. The van der Waals surface area contributed by atoms with Crippen LogP contribution in [0.3, 0.4) is 0 Å². The minimum absolute atomic E-state index is 0.0777. The smallest absolute Gasteiger partial charge is 0.306 e. The summed E-state index contributed by atoms with van der Waals surface area (Å²) in [5.74, 6) is -1.89. The molecule has 0 bridgehead atoms. The molecule has 30 heavy (non-hydrogen) atoms. The third-order valence-corrected chi connectivity index (χ3v) is 5.29. The highest BCUT2D eigenvalue weighted by atomic mass is 35.5. The molecule has 0 aliphatic heterocycles. The Morgan fingerprint density at radius 3 is 2.53 bits per heavy atom. The molecule has 0 fully saturated rings. The monoisotopic (exact) mass is 446 g/mol. The number of hydrogen-bond donors (Lipinski definition) is 2. The topological polar surface area (TPSA) is 92.4 Å². The fourth-order valence-corrected chi connectivity index (χ4v) is 3.53. The van der Waals surface area contributed by atoms with Gasteiger partial charge in [0.15, 0.2) is 6.39 Å². The molecule has 6 nitrogen and oxygen atoms in total. The molecule has 0 saturated carbocycles. The maximum absolute atomic E-state index is 12.3. The lowest BCUT2D eigenvalue weighted by Gasteiger charge is -2.20. The van der Waals surface area contributed by atoms with E-state index in [-0.39, 0.29) is 12.2 Å². The van der Waals surface area contributed by atoms with Gasteiger partial charge in [0.05, 0.1) is 12.1 Å². The minimum Gasteiger partial charge on any atom is -0.481 e. The van der Waals surface area contributed by atoms with E-state index in [1.165, 1.54) is 12.6 Å². The van der Waals surface area contributed by atoms with Gasteiger partial charge < -0.3 is 14.8 Å². The van der Waals surface area contributed by atoms with E-state index in [4.69, 9.17) is 27.6 Å². The molecule has 2 N–H and O–H groups in total. The third-order valence-electron chi connectivity index (χ3n) is 4.73. The molecule has 0 aliphatic rings. The molecule has 0 aliphatic carbocycles. The molecule has 2 aromatic carbocycles. The molecule has 1 heterocycles. The number of rotatable bonds is 8.